The van der Waals surface area contributed by atoms with Gasteiger partial charge in [0.1, 0.15) is 17.3 Å². The fourth-order valence-electron chi connectivity index (χ4n) is 5.27. The molecule has 3 amide bonds. The van der Waals surface area contributed by atoms with Crippen molar-refractivity contribution in [3.63, 3.8) is 0 Å². The van der Waals surface area contributed by atoms with Gasteiger partial charge >= 0.3 is 6.03 Å². The largest absolute Gasteiger partial charge is 0.508 e. The van der Waals surface area contributed by atoms with E-state index in [1.54, 1.807) is 23.1 Å². The lowest BCUT2D eigenvalue weighted by Crippen LogP contribution is -2.53. The number of imide groups is 1. The topological polar surface area (TPSA) is 88.7 Å². The average molecular weight is 481 g/mol. The van der Waals surface area contributed by atoms with Gasteiger partial charge in [0.25, 0.3) is 5.91 Å². The van der Waals surface area contributed by atoms with Crippen LogP contribution in [0, 0.1) is 0 Å². The van der Waals surface area contributed by atoms with Crippen LogP contribution in [0.25, 0.3) is 10.9 Å². The molecule has 2 aliphatic heterocycles. The molecule has 2 aliphatic rings. The highest BCUT2D eigenvalue weighted by atomic mass is 35.5. The van der Waals surface area contributed by atoms with Crippen LogP contribution in [-0.2, 0) is 11.2 Å². The summed E-state index contributed by atoms with van der Waals surface area (Å²) in [6.45, 7) is 8.77. The van der Waals surface area contributed by atoms with Gasteiger partial charge in [0.2, 0.25) is 0 Å². The fourth-order valence-corrected chi connectivity index (χ4v) is 5.44. The number of hydrogen-bond acceptors (Lipinski definition) is 4. The highest BCUT2D eigenvalue weighted by molar-refractivity contribution is 6.31. The Morgan fingerprint density at radius 2 is 1.97 bits per heavy atom. The van der Waals surface area contributed by atoms with E-state index < -0.39 is 11.6 Å². The number of carbonyl (C=O) groups excluding carboxylic acids is 2. The van der Waals surface area contributed by atoms with E-state index in [4.69, 9.17) is 11.6 Å². The molecule has 3 N–H and O–H groups in total. The Hall–Kier alpha value is -3.03. The van der Waals surface area contributed by atoms with Crippen LogP contribution in [0.1, 0.15) is 50.6 Å². The van der Waals surface area contributed by atoms with E-state index in [9.17, 15) is 14.7 Å². The van der Waals surface area contributed by atoms with Crippen LogP contribution in [-0.4, -0.2) is 56.0 Å². The molecule has 1 aromatic heterocycles. The molecule has 3 heterocycles. The number of urea groups is 1. The molecule has 0 bridgehead atoms. The molecule has 3 aromatic rings. The van der Waals surface area contributed by atoms with Gasteiger partial charge in [-0.05, 0) is 69.2 Å². The lowest BCUT2D eigenvalue weighted by atomic mass is 9.81. The molecule has 1 fully saturated rings. The van der Waals surface area contributed by atoms with Crippen LogP contribution in [0.4, 0.5) is 4.79 Å². The Balaban J connectivity index is 1.64. The fraction of sp³-hybridized carbons (Fsp3) is 0.385. The van der Waals surface area contributed by atoms with Crippen molar-refractivity contribution in [2.45, 2.75) is 51.2 Å². The minimum atomic E-state index is -1.06. The molecule has 7 nitrogen and oxygen atoms in total. The Bertz CT molecular complexity index is 1310. The minimum absolute atomic E-state index is 0.106. The zero-order valence-corrected chi connectivity index (χ0v) is 20.5. The second-order valence-corrected chi connectivity index (χ2v) is 10.9. The van der Waals surface area contributed by atoms with E-state index in [-0.39, 0.29) is 29.8 Å². The summed E-state index contributed by atoms with van der Waals surface area (Å²) in [6.07, 6.45) is 0.381. The van der Waals surface area contributed by atoms with Gasteiger partial charge in [0, 0.05) is 46.7 Å². The number of aromatic hydroxyl groups is 1. The van der Waals surface area contributed by atoms with E-state index in [0.717, 1.165) is 27.7 Å². The van der Waals surface area contributed by atoms with Crippen LogP contribution >= 0.6 is 11.6 Å². The molecule has 34 heavy (non-hydrogen) atoms. The number of carbonyl (C=O) groups is 2. The molecule has 8 heteroatoms. The van der Waals surface area contributed by atoms with Crippen LogP contribution in [0.15, 0.2) is 42.5 Å². The number of benzene rings is 2. The summed E-state index contributed by atoms with van der Waals surface area (Å²) in [4.78, 5) is 34.0. The summed E-state index contributed by atoms with van der Waals surface area (Å²) in [5.74, 6) is -0.102. The summed E-state index contributed by atoms with van der Waals surface area (Å²) >= 11 is 6.31. The third kappa shape index (κ3) is 3.54. The predicted molar refractivity (Wildman–Crippen MR) is 132 cm³/mol. The molecule has 0 radical (unpaired) electrons. The molecule has 0 aliphatic carbocycles. The van der Waals surface area contributed by atoms with E-state index in [1.807, 2.05) is 52.0 Å². The number of phenolic OH excluding ortho intramolecular Hbond substituents is 1. The van der Waals surface area contributed by atoms with Crippen LogP contribution in [0.2, 0.25) is 5.02 Å². The van der Waals surface area contributed by atoms with Gasteiger partial charge < -0.3 is 15.4 Å². The van der Waals surface area contributed by atoms with Crippen LogP contribution in [0.5, 0.6) is 5.75 Å². The number of phenols is 1. The van der Waals surface area contributed by atoms with Crippen molar-refractivity contribution in [2.75, 3.05) is 13.1 Å². The number of rotatable bonds is 4. The third-order valence-corrected chi connectivity index (χ3v) is 7.04. The van der Waals surface area contributed by atoms with E-state index in [0.29, 0.717) is 18.0 Å². The first-order valence-corrected chi connectivity index (χ1v) is 11.9. The maximum absolute atomic E-state index is 13.8. The van der Waals surface area contributed by atoms with Crippen LogP contribution in [0.3, 0.4) is 0 Å². The number of nitrogens with zero attached hydrogens (tertiary/aromatic N) is 2. The van der Waals surface area contributed by atoms with Crippen molar-refractivity contribution in [1.82, 2.24) is 20.1 Å². The zero-order chi connectivity index (χ0) is 24.4. The first kappa shape index (κ1) is 22.7. The van der Waals surface area contributed by atoms with Gasteiger partial charge in [0.15, 0.2) is 0 Å². The summed E-state index contributed by atoms with van der Waals surface area (Å²) in [7, 11) is 0. The van der Waals surface area contributed by atoms with Crippen molar-refractivity contribution >= 4 is 34.4 Å². The molecule has 1 saturated heterocycles. The molecule has 0 spiro atoms. The number of amides is 3. The van der Waals surface area contributed by atoms with Crippen molar-refractivity contribution in [3.05, 3.63) is 64.3 Å². The molecule has 5 rings (SSSR count). The minimum Gasteiger partial charge on any atom is -0.508 e. The second-order valence-electron chi connectivity index (χ2n) is 10.4. The predicted octanol–water partition coefficient (Wildman–Crippen LogP) is 4.58. The molecule has 2 aromatic carbocycles. The molecule has 178 valence electrons. The SMILES string of the molecule is CC(C)(C)NCCN1C(=O)N2C(c3cccc(O)c3)c3[nH]c4ccc(Cl)cc4c3CC2(C)C1=O. The number of aromatic nitrogens is 1. The van der Waals surface area contributed by atoms with Gasteiger partial charge in [-0.15, -0.1) is 0 Å². The van der Waals surface area contributed by atoms with Gasteiger partial charge in [0.05, 0.1) is 0 Å². The molecule has 2 unspecified atom stereocenters. The summed E-state index contributed by atoms with van der Waals surface area (Å²) in [6, 6.07) is 11.6. The number of fused-ring (bicyclic) bond motifs is 4. The van der Waals surface area contributed by atoms with Gasteiger partial charge in [-0.2, -0.15) is 0 Å². The van der Waals surface area contributed by atoms with Gasteiger partial charge in [-0.3, -0.25) is 14.6 Å². The van der Waals surface area contributed by atoms with Crippen molar-refractivity contribution in [3.8, 4) is 5.75 Å². The second kappa shape index (κ2) is 7.75. The standard InChI is InChI=1S/C26H29ClN4O3/c1-25(2,3)28-10-11-30-23(33)26(4)14-19-18-13-16(27)8-9-20(18)29-21(19)22(31(26)24(30)34)15-6-5-7-17(32)12-15/h5-9,12-13,22,28-29,32H,10-11,14H2,1-4H3. The van der Waals surface area contributed by atoms with Crippen molar-refractivity contribution in [2.24, 2.45) is 0 Å². The Morgan fingerprint density at radius 1 is 1.21 bits per heavy atom. The zero-order valence-electron chi connectivity index (χ0n) is 19.8. The Kier molecular flexibility index (Phi) is 5.18. The summed E-state index contributed by atoms with van der Waals surface area (Å²) in [5, 5.41) is 15.1. The lowest BCUT2D eigenvalue weighted by molar-refractivity contribution is -0.133. The highest BCUT2D eigenvalue weighted by Crippen LogP contribution is 2.49. The average Bonchev–Trinajstić information content (AvgIpc) is 3.19. The van der Waals surface area contributed by atoms with Gasteiger partial charge in [-0.1, -0.05) is 23.7 Å². The van der Waals surface area contributed by atoms with Crippen LogP contribution < -0.4 is 5.32 Å². The Morgan fingerprint density at radius 3 is 2.68 bits per heavy atom. The van der Waals surface area contributed by atoms with E-state index in [2.05, 4.69) is 10.3 Å². The number of aromatic amines is 1. The maximum Gasteiger partial charge on any atom is 0.328 e. The monoisotopic (exact) mass is 480 g/mol. The summed E-state index contributed by atoms with van der Waals surface area (Å²) in [5.41, 5.74) is 2.27. The summed E-state index contributed by atoms with van der Waals surface area (Å²) < 4.78 is 0. The number of halogens is 1. The number of nitrogens with one attached hydrogen (secondary N) is 2. The maximum atomic E-state index is 13.8. The van der Waals surface area contributed by atoms with Crippen molar-refractivity contribution in [1.29, 1.82) is 0 Å². The van der Waals surface area contributed by atoms with Crippen molar-refractivity contribution < 1.29 is 14.7 Å². The first-order valence-electron chi connectivity index (χ1n) is 11.5. The molecular formula is C26H29ClN4O3. The highest BCUT2D eigenvalue weighted by Gasteiger charge is 2.60. The normalized spacial score (nSPS) is 22.4. The first-order chi connectivity index (χ1) is 16.0. The smallest absolute Gasteiger partial charge is 0.328 e. The van der Waals surface area contributed by atoms with Gasteiger partial charge in [-0.25, -0.2) is 4.79 Å². The molecule has 2 atom stereocenters. The van der Waals surface area contributed by atoms with E-state index in [1.165, 1.54) is 4.90 Å². The molecule has 0 saturated carbocycles. The lowest BCUT2D eigenvalue weighted by Gasteiger charge is -2.42. The number of hydrogen-bond donors (Lipinski definition) is 3. The quantitative estimate of drug-likeness (QED) is 0.477. The third-order valence-electron chi connectivity index (χ3n) is 6.81. The Labute approximate surface area is 203 Å². The van der Waals surface area contributed by atoms with E-state index >= 15 is 0 Å². The molecular weight excluding hydrogens is 452 g/mol. The number of H-pyrrole nitrogens is 1.